The van der Waals surface area contributed by atoms with E-state index in [0.29, 0.717) is 0 Å². The smallest absolute Gasteiger partial charge is 0.330 e. The molecule has 3 nitrogen and oxygen atoms in total. The van der Waals surface area contributed by atoms with Gasteiger partial charge in [0.15, 0.2) is 0 Å². The van der Waals surface area contributed by atoms with Crippen LogP contribution in [-0.4, -0.2) is 23.3 Å². The van der Waals surface area contributed by atoms with E-state index in [1.54, 1.807) is 0 Å². The molecule has 4 rings (SSSR count). The quantitative estimate of drug-likeness (QED) is 0.630. The third-order valence-electron chi connectivity index (χ3n) is 5.47. The first-order chi connectivity index (χ1) is 8.76. The minimum absolute atomic E-state index is 0.0420. The molecule has 0 heterocycles. The molecule has 0 radical (unpaired) electrons. The zero-order valence-corrected chi connectivity index (χ0v) is 12.0. The number of aliphatic hydroxyl groups excluding tert-OH is 1. The van der Waals surface area contributed by atoms with Crippen LogP contribution in [0.3, 0.4) is 0 Å². The monoisotopic (exact) mass is 264 g/mol. The van der Waals surface area contributed by atoms with Crippen molar-refractivity contribution in [3.8, 4) is 0 Å². The molecule has 2 atom stereocenters. The first-order valence-corrected chi connectivity index (χ1v) is 7.22. The van der Waals surface area contributed by atoms with E-state index < -0.39 is 0 Å². The van der Waals surface area contributed by atoms with Gasteiger partial charge >= 0.3 is 5.97 Å². The maximum absolute atomic E-state index is 11.7. The average molecular weight is 264 g/mol. The van der Waals surface area contributed by atoms with Gasteiger partial charge in [0.05, 0.1) is 0 Å². The van der Waals surface area contributed by atoms with E-state index in [1.807, 2.05) is 0 Å². The first-order valence-electron chi connectivity index (χ1n) is 7.22. The number of carbonyl (C=O) groups excluding carboxylic acids is 1. The van der Waals surface area contributed by atoms with Crippen molar-refractivity contribution in [2.24, 2.45) is 16.2 Å². The predicted octanol–water partition coefficient (Wildman–Crippen LogP) is 2.83. The Morgan fingerprint density at radius 3 is 2.21 bits per heavy atom. The van der Waals surface area contributed by atoms with Gasteiger partial charge in [0.25, 0.3) is 0 Å². The summed E-state index contributed by atoms with van der Waals surface area (Å²) in [5.74, 6) is -0.317. The fourth-order valence-corrected chi connectivity index (χ4v) is 6.36. The normalized spacial score (nSPS) is 51.1. The van der Waals surface area contributed by atoms with Crippen LogP contribution < -0.4 is 0 Å². The standard InChI is InChI=1S/C16H24O3/c1-4-12(18)19-16-8-13(2)5-14(3,9-16)7-15(6-13,10-16)11-17/h4,17H,1,5-11H2,2-3H3. The van der Waals surface area contributed by atoms with E-state index in [0.717, 1.165) is 32.1 Å². The van der Waals surface area contributed by atoms with Gasteiger partial charge in [0.1, 0.15) is 5.60 Å². The van der Waals surface area contributed by atoms with Gasteiger partial charge < -0.3 is 9.84 Å². The summed E-state index contributed by atoms with van der Waals surface area (Å²) in [4.78, 5) is 11.7. The number of ether oxygens (including phenoxy) is 1. The van der Waals surface area contributed by atoms with Gasteiger partial charge in [-0.3, -0.25) is 0 Å². The summed E-state index contributed by atoms with van der Waals surface area (Å²) < 4.78 is 5.79. The van der Waals surface area contributed by atoms with Gasteiger partial charge in [-0.1, -0.05) is 20.4 Å². The Morgan fingerprint density at radius 1 is 1.16 bits per heavy atom. The second-order valence-corrected chi connectivity index (χ2v) is 8.15. The van der Waals surface area contributed by atoms with Crippen LogP contribution in [0.25, 0.3) is 0 Å². The van der Waals surface area contributed by atoms with Crippen molar-refractivity contribution >= 4 is 5.97 Å². The maximum Gasteiger partial charge on any atom is 0.330 e. The molecular weight excluding hydrogens is 240 g/mol. The molecule has 0 aliphatic heterocycles. The molecule has 2 unspecified atom stereocenters. The highest BCUT2D eigenvalue weighted by Gasteiger charge is 2.66. The van der Waals surface area contributed by atoms with E-state index in [1.165, 1.54) is 12.5 Å². The van der Waals surface area contributed by atoms with Crippen molar-refractivity contribution in [1.82, 2.24) is 0 Å². The van der Waals surface area contributed by atoms with Gasteiger partial charge in [-0.25, -0.2) is 4.79 Å². The molecule has 4 saturated carbocycles. The minimum atomic E-state index is -0.369. The van der Waals surface area contributed by atoms with Crippen LogP contribution in [0.15, 0.2) is 12.7 Å². The zero-order valence-electron chi connectivity index (χ0n) is 12.0. The molecule has 4 aliphatic rings. The molecule has 0 amide bonds. The third-order valence-corrected chi connectivity index (χ3v) is 5.47. The molecule has 0 spiro atoms. The molecule has 1 N–H and O–H groups in total. The summed E-state index contributed by atoms with van der Waals surface area (Å²) in [6.07, 6.45) is 7.29. The van der Waals surface area contributed by atoms with Crippen molar-refractivity contribution in [3.05, 3.63) is 12.7 Å². The Balaban J connectivity index is 1.99. The number of aliphatic hydroxyl groups is 1. The summed E-state index contributed by atoms with van der Waals surface area (Å²) in [5.41, 5.74) is -0.00663. The van der Waals surface area contributed by atoms with Crippen molar-refractivity contribution in [1.29, 1.82) is 0 Å². The van der Waals surface area contributed by atoms with Crippen LogP contribution in [0.2, 0.25) is 0 Å². The van der Waals surface area contributed by atoms with Crippen molar-refractivity contribution in [2.45, 2.75) is 58.0 Å². The van der Waals surface area contributed by atoms with Crippen LogP contribution in [-0.2, 0) is 9.53 Å². The molecule has 0 aromatic carbocycles. The molecule has 0 aromatic heterocycles. The lowest BCUT2D eigenvalue weighted by Gasteiger charge is -2.68. The minimum Gasteiger partial charge on any atom is -0.456 e. The lowest BCUT2D eigenvalue weighted by molar-refractivity contribution is -0.243. The lowest BCUT2D eigenvalue weighted by Crippen LogP contribution is -2.64. The molecule has 0 aromatic rings. The molecule has 4 aliphatic carbocycles. The molecule has 4 fully saturated rings. The topological polar surface area (TPSA) is 46.5 Å². The fraction of sp³-hybridized carbons (Fsp3) is 0.812. The molecule has 0 saturated heterocycles. The maximum atomic E-state index is 11.7. The Hall–Kier alpha value is -0.830. The SMILES string of the molecule is C=CC(=O)OC12CC3(C)CC(C)(CC(CO)(C3)C1)C2. The Bertz CT molecular complexity index is 421. The summed E-state index contributed by atoms with van der Waals surface area (Å²) in [6.45, 7) is 8.31. The highest BCUT2D eigenvalue weighted by Crippen LogP contribution is 2.71. The predicted molar refractivity (Wildman–Crippen MR) is 72.5 cm³/mol. The molecule has 19 heavy (non-hydrogen) atoms. The molecule has 106 valence electrons. The van der Waals surface area contributed by atoms with E-state index in [9.17, 15) is 9.90 Å². The average Bonchev–Trinajstić information content (AvgIpc) is 2.23. The van der Waals surface area contributed by atoms with Crippen molar-refractivity contribution in [3.63, 3.8) is 0 Å². The molecular formula is C16H24O3. The van der Waals surface area contributed by atoms with Crippen LogP contribution in [0.4, 0.5) is 0 Å². The first kappa shape index (κ1) is 13.2. The number of hydrogen-bond donors (Lipinski definition) is 1. The highest BCUT2D eigenvalue weighted by atomic mass is 16.6. The van der Waals surface area contributed by atoms with Gasteiger partial charge in [-0.05, 0) is 54.8 Å². The van der Waals surface area contributed by atoms with Gasteiger partial charge in [0, 0.05) is 12.7 Å². The summed E-state index contributed by atoms with van der Waals surface area (Å²) in [7, 11) is 0. The van der Waals surface area contributed by atoms with Crippen molar-refractivity contribution < 1.29 is 14.6 Å². The number of esters is 1. The molecule has 4 bridgehead atoms. The van der Waals surface area contributed by atoms with E-state index in [-0.39, 0.29) is 34.4 Å². The van der Waals surface area contributed by atoms with E-state index >= 15 is 0 Å². The van der Waals surface area contributed by atoms with E-state index in [4.69, 9.17) is 4.74 Å². The van der Waals surface area contributed by atoms with Crippen molar-refractivity contribution in [2.75, 3.05) is 6.61 Å². The Kier molecular flexibility index (Phi) is 2.52. The van der Waals surface area contributed by atoms with Crippen LogP contribution in [0.1, 0.15) is 52.4 Å². The summed E-state index contributed by atoms with van der Waals surface area (Å²) in [5, 5.41) is 9.91. The lowest BCUT2D eigenvalue weighted by atomic mass is 9.39. The largest absolute Gasteiger partial charge is 0.456 e. The van der Waals surface area contributed by atoms with E-state index in [2.05, 4.69) is 20.4 Å². The Labute approximate surface area is 115 Å². The summed E-state index contributed by atoms with van der Waals surface area (Å²) in [6, 6.07) is 0. The van der Waals surface area contributed by atoms with Crippen LogP contribution in [0, 0.1) is 16.2 Å². The number of rotatable bonds is 3. The fourth-order valence-electron chi connectivity index (χ4n) is 6.36. The number of hydrogen-bond acceptors (Lipinski definition) is 3. The highest BCUT2D eigenvalue weighted by molar-refractivity contribution is 5.81. The molecule has 3 heteroatoms. The second-order valence-electron chi connectivity index (χ2n) is 8.15. The Morgan fingerprint density at radius 2 is 1.74 bits per heavy atom. The number of carbonyl (C=O) groups is 1. The van der Waals surface area contributed by atoms with Crippen LogP contribution >= 0.6 is 0 Å². The van der Waals surface area contributed by atoms with Gasteiger partial charge in [0.2, 0.25) is 0 Å². The third kappa shape index (κ3) is 1.94. The second kappa shape index (κ2) is 3.63. The zero-order chi connectivity index (χ0) is 13.9. The van der Waals surface area contributed by atoms with Crippen LogP contribution in [0.5, 0.6) is 0 Å². The summed E-state index contributed by atoms with van der Waals surface area (Å²) >= 11 is 0. The van der Waals surface area contributed by atoms with Gasteiger partial charge in [-0.2, -0.15) is 0 Å². The van der Waals surface area contributed by atoms with Gasteiger partial charge in [-0.15, -0.1) is 0 Å².